The Kier molecular flexibility index (Phi) is 10.3. The third kappa shape index (κ3) is 7.94. The molecule has 0 bridgehead atoms. The molecule has 36 heavy (non-hydrogen) atoms. The lowest BCUT2D eigenvalue weighted by molar-refractivity contribution is -0.139. The van der Waals surface area contributed by atoms with Crippen molar-refractivity contribution >= 4 is 56.5 Å². The molecule has 0 saturated carbocycles. The number of Topliss-reactive ketones (excluding diaryl/α,β-unsaturated/α-hetero) is 1. The molecule has 0 saturated heterocycles. The number of sulfonamides is 1. The van der Waals surface area contributed by atoms with Gasteiger partial charge >= 0.3 is 0 Å². The van der Waals surface area contributed by atoms with Gasteiger partial charge in [0, 0.05) is 18.2 Å². The van der Waals surface area contributed by atoms with Crippen LogP contribution in [0.3, 0.4) is 0 Å². The second-order valence-electron chi connectivity index (χ2n) is 8.64. The molecule has 2 aromatic rings. The maximum atomic E-state index is 13.6. The maximum Gasteiger partial charge on any atom is 0.244 e. The number of anilines is 1. The van der Waals surface area contributed by atoms with Crippen LogP contribution in [0.5, 0.6) is 0 Å². The lowest BCUT2D eigenvalue weighted by Gasteiger charge is -2.32. The summed E-state index contributed by atoms with van der Waals surface area (Å²) in [4.78, 5) is 39.6. The highest BCUT2D eigenvalue weighted by Crippen LogP contribution is 2.25. The number of amides is 2. The molecular weight excluding hydrogens is 525 g/mol. The molecule has 0 fully saturated rings. The van der Waals surface area contributed by atoms with Gasteiger partial charge in [0.1, 0.15) is 12.6 Å². The van der Waals surface area contributed by atoms with Gasteiger partial charge in [-0.3, -0.25) is 18.7 Å². The van der Waals surface area contributed by atoms with E-state index in [-0.39, 0.29) is 35.0 Å². The molecule has 2 unspecified atom stereocenters. The molecule has 2 atom stereocenters. The van der Waals surface area contributed by atoms with E-state index >= 15 is 0 Å². The molecule has 0 spiro atoms. The summed E-state index contributed by atoms with van der Waals surface area (Å²) in [6, 6.07) is 9.86. The van der Waals surface area contributed by atoms with Crippen molar-refractivity contribution in [1.82, 2.24) is 10.2 Å². The van der Waals surface area contributed by atoms with E-state index in [1.165, 1.54) is 24.0 Å². The first-order chi connectivity index (χ1) is 16.7. The molecule has 0 heterocycles. The minimum Gasteiger partial charge on any atom is -0.352 e. The van der Waals surface area contributed by atoms with E-state index in [1.54, 1.807) is 37.3 Å². The fraction of sp³-hybridized carbons (Fsp3) is 0.400. The number of benzene rings is 2. The highest BCUT2D eigenvalue weighted by molar-refractivity contribution is 7.92. The van der Waals surface area contributed by atoms with E-state index < -0.39 is 28.5 Å². The molecule has 2 amide bonds. The van der Waals surface area contributed by atoms with E-state index in [9.17, 15) is 22.8 Å². The van der Waals surface area contributed by atoms with Crippen LogP contribution >= 0.6 is 23.2 Å². The second kappa shape index (κ2) is 12.6. The molecule has 196 valence electrons. The van der Waals surface area contributed by atoms with Crippen molar-refractivity contribution in [2.75, 3.05) is 17.1 Å². The zero-order valence-electron chi connectivity index (χ0n) is 20.9. The number of carbonyl (C=O) groups excluding carboxylic acids is 3. The van der Waals surface area contributed by atoms with Crippen LogP contribution in [0.25, 0.3) is 0 Å². The van der Waals surface area contributed by atoms with Gasteiger partial charge in [-0.05, 0) is 57.0 Å². The summed E-state index contributed by atoms with van der Waals surface area (Å²) in [6.45, 7) is 6.15. The zero-order valence-corrected chi connectivity index (χ0v) is 23.2. The fourth-order valence-corrected chi connectivity index (χ4v) is 4.54. The van der Waals surface area contributed by atoms with Crippen LogP contribution in [-0.2, 0) is 26.2 Å². The number of hydrogen-bond acceptors (Lipinski definition) is 5. The van der Waals surface area contributed by atoms with Crippen LogP contribution in [0.2, 0.25) is 10.0 Å². The molecule has 0 aliphatic rings. The predicted molar refractivity (Wildman–Crippen MR) is 143 cm³/mol. The summed E-state index contributed by atoms with van der Waals surface area (Å²) in [6.07, 6.45) is 1.68. The number of ketones is 1. The highest BCUT2D eigenvalue weighted by Gasteiger charge is 2.30. The molecular formula is C25H31Cl2N3O5S. The SMILES string of the molecule is CCC(C)NC(=O)C(C)N(Cc1ccc(Cl)c(Cl)c1)C(=O)CN(c1cccc(C(C)=O)c1)S(C)(=O)=O. The lowest BCUT2D eigenvalue weighted by Crippen LogP contribution is -2.52. The number of rotatable bonds is 11. The van der Waals surface area contributed by atoms with Gasteiger partial charge < -0.3 is 10.2 Å². The summed E-state index contributed by atoms with van der Waals surface area (Å²) in [5, 5.41) is 3.49. The number of hydrogen-bond donors (Lipinski definition) is 1. The lowest BCUT2D eigenvalue weighted by atomic mass is 10.1. The van der Waals surface area contributed by atoms with Crippen molar-refractivity contribution in [1.29, 1.82) is 0 Å². The van der Waals surface area contributed by atoms with Gasteiger partial charge in [0.2, 0.25) is 21.8 Å². The Bertz CT molecular complexity index is 1240. The highest BCUT2D eigenvalue weighted by atomic mass is 35.5. The van der Waals surface area contributed by atoms with Crippen LogP contribution in [0.4, 0.5) is 5.69 Å². The summed E-state index contributed by atoms with van der Waals surface area (Å²) in [5.74, 6) is -1.22. The third-order valence-corrected chi connectivity index (χ3v) is 7.60. The number of carbonyl (C=O) groups is 3. The van der Waals surface area contributed by atoms with E-state index in [1.807, 2.05) is 13.8 Å². The Balaban J connectivity index is 2.45. The van der Waals surface area contributed by atoms with Crippen molar-refractivity contribution < 1.29 is 22.8 Å². The van der Waals surface area contributed by atoms with Gasteiger partial charge in [-0.1, -0.05) is 48.3 Å². The first-order valence-corrected chi connectivity index (χ1v) is 14.0. The summed E-state index contributed by atoms with van der Waals surface area (Å²) in [7, 11) is -3.91. The van der Waals surface area contributed by atoms with Crippen molar-refractivity contribution in [2.24, 2.45) is 0 Å². The van der Waals surface area contributed by atoms with Crippen molar-refractivity contribution in [3.05, 3.63) is 63.6 Å². The van der Waals surface area contributed by atoms with E-state index in [0.29, 0.717) is 22.6 Å². The minimum atomic E-state index is -3.91. The van der Waals surface area contributed by atoms with E-state index in [2.05, 4.69) is 5.32 Å². The Labute approximate surface area is 222 Å². The third-order valence-electron chi connectivity index (χ3n) is 5.73. The van der Waals surface area contributed by atoms with Crippen LogP contribution in [0.15, 0.2) is 42.5 Å². The number of nitrogens with one attached hydrogen (secondary N) is 1. The Morgan fingerprint density at radius 2 is 1.69 bits per heavy atom. The molecule has 8 nitrogen and oxygen atoms in total. The van der Waals surface area contributed by atoms with Gasteiger partial charge in [0.15, 0.2) is 5.78 Å². The monoisotopic (exact) mass is 555 g/mol. The molecule has 11 heteroatoms. The number of halogens is 2. The maximum absolute atomic E-state index is 13.6. The Morgan fingerprint density at radius 3 is 2.25 bits per heavy atom. The van der Waals surface area contributed by atoms with E-state index in [0.717, 1.165) is 10.6 Å². The average molecular weight is 557 g/mol. The summed E-state index contributed by atoms with van der Waals surface area (Å²) >= 11 is 12.2. The Hall–Kier alpha value is -2.62. The smallest absolute Gasteiger partial charge is 0.244 e. The first kappa shape index (κ1) is 29.6. The summed E-state index contributed by atoms with van der Waals surface area (Å²) in [5.41, 5.74) is 1.10. The van der Waals surface area contributed by atoms with Crippen LogP contribution < -0.4 is 9.62 Å². The van der Waals surface area contributed by atoms with Gasteiger partial charge in [0.25, 0.3) is 0 Å². The van der Waals surface area contributed by atoms with Crippen molar-refractivity contribution in [2.45, 2.75) is 52.7 Å². The molecule has 2 aromatic carbocycles. The Morgan fingerprint density at radius 1 is 1.03 bits per heavy atom. The zero-order chi connectivity index (χ0) is 27.2. The molecule has 2 rings (SSSR count). The quantitative estimate of drug-likeness (QED) is 0.416. The molecule has 1 N–H and O–H groups in total. The number of nitrogens with zero attached hydrogens (tertiary/aromatic N) is 2. The van der Waals surface area contributed by atoms with Crippen molar-refractivity contribution in [3.8, 4) is 0 Å². The standard InChI is InChI=1S/C25H31Cl2N3O5S/c1-6-16(2)28-25(33)17(3)29(14-19-10-11-22(26)23(27)12-19)24(32)15-30(36(5,34)35)21-9-7-8-20(13-21)18(4)31/h7-13,16-17H,6,14-15H2,1-5H3,(H,28,33). The molecule has 0 aliphatic carbocycles. The van der Waals surface area contributed by atoms with Gasteiger partial charge in [0.05, 0.1) is 22.0 Å². The molecule has 0 aromatic heterocycles. The van der Waals surface area contributed by atoms with Gasteiger partial charge in [-0.2, -0.15) is 0 Å². The largest absolute Gasteiger partial charge is 0.352 e. The van der Waals surface area contributed by atoms with Crippen LogP contribution in [-0.4, -0.2) is 55.8 Å². The van der Waals surface area contributed by atoms with E-state index in [4.69, 9.17) is 23.2 Å². The average Bonchev–Trinajstić information content (AvgIpc) is 2.81. The topological polar surface area (TPSA) is 104 Å². The van der Waals surface area contributed by atoms with Gasteiger partial charge in [-0.25, -0.2) is 8.42 Å². The minimum absolute atomic E-state index is 0.00407. The fourth-order valence-electron chi connectivity index (χ4n) is 3.38. The second-order valence-corrected chi connectivity index (χ2v) is 11.4. The normalized spacial score (nSPS) is 13.0. The van der Waals surface area contributed by atoms with Crippen molar-refractivity contribution in [3.63, 3.8) is 0 Å². The molecule has 0 radical (unpaired) electrons. The molecule has 0 aliphatic heterocycles. The van der Waals surface area contributed by atoms with Crippen LogP contribution in [0.1, 0.15) is 50.0 Å². The van der Waals surface area contributed by atoms with Gasteiger partial charge in [-0.15, -0.1) is 0 Å². The summed E-state index contributed by atoms with van der Waals surface area (Å²) < 4.78 is 26.2. The predicted octanol–water partition coefficient (Wildman–Crippen LogP) is 4.29. The first-order valence-electron chi connectivity index (χ1n) is 11.4. The van der Waals surface area contributed by atoms with Crippen LogP contribution in [0, 0.1) is 0 Å².